The van der Waals surface area contributed by atoms with E-state index in [1.807, 2.05) is 24.3 Å². The van der Waals surface area contributed by atoms with Gasteiger partial charge in [-0.05, 0) is 55.4 Å². The zero-order valence-electron chi connectivity index (χ0n) is 11.1. The normalized spacial score (nSPS) is 32.3. The lowest BCUT2D eigenvalue weighted by molar-refractivity contribution is -0.121. The molecular weight excluding hydrogens is 240 g/mol. The van der Waals surface area contributed by atoms with Crippen molar-refractivity contribution < 1.29 is 9.53 Å². The summed E-state index contributed by atoms with van der Waals surface area (Å²) in [7, 11) is 1.63. The van der Waals surface area contributed by atoms with Crippen LogP contribution in [0, 0.1) is 17.8 Å². The lowest BCUT2D eigenvalue weighted by Crippen LogP contribution is -2.42. The second kappa shape index (κ2) is 4.85. The lowest BCUT2D eigenvalue weighted by atomic mass is 9.84. The third kappa shape index (κ3) is 2.21. The Morgan fingerprint density at radius 1 is 1.26 bits per heavy atom. The third-order valence-electron chi connectivity index (χ3n) is 4.64. The van der Waals surface area contributed by atoms with Crippen LogP contribution < -0.4 is 15.8 Å². The molecule has 3 N–H and O–H groups in total. The van der Waals surface area contributed by atoms with Gasteiger partial charge in [-0.25, -0.2) is 0 Å². The zero-order chi connectivity index (χ0) is 13.4. The van der Waals surface area contributed by atoms with Crippen molar-refractivity contribution in [1.29, 1.82) is 0 Å². The number of carbonyl (C=O) groups is 1. The van der Waals surface area contributed by atoms with Crippen molar-refractivity contribution in [1.82, 2.24) is 0 Å². The van der Waals surface area contributed by atoms with Gasteiger partial charge in [0.05, 0.1) is 13.0 Å². The molecule has 102 valence electrons. The van der Waals surface area contributed by atoms with Crippen LogP contribution in [0.1, 0.15) is 19.3 Å². The van der Waals surface area contributed by atoms with E-state index in [-0.39, 0.29) is 17.9 Å². The molecule has 4 unspecified atom stereocenters. The van der Waals surface area contributed by atoms with Gasteiger partial charge in [0.25, 0.3) is 0 Å². The molecule has 4 atom stereocenters. The Labute approximate surface area is 113 Å². The lowest BCUT2D eigenvalue weighted by Gasteiger charge is -2.27. The molecule has 1 aromatic rings. The van der Waals surface area contributed by atoms with Gasteiger partial charge in [-0.2, -0.15) is 0 Å². The van der Waals surface area contributed by atoms with E-state index in [9.17, 15) is 4.79 Å². The van der Waals surface area contributed by atoms with E-state index in [0.717, 1.165) is 24.3 Å². The van der Waals surface area contributed by atoms with Crippen LogP contribution in [0.15, 0.2) is 24.3 Å². The van der Waals surface area contributed by atoms with E-state index in [1.54, 1.807) is 7.11 Å². The first kappa shape index (κ1) is 12.5. The quantitative estimate of drug-likeness (QED) is 0.873. The zero-order valence-corrected chi connectivity index (χ0v) is 11.1. The van der Waals surface area contributed by atoms with Crippen LogP contribution in [0.25, 0.3) is 0 Å². The number of benzene rings is 1. The Balaban J connectivity index is 1.67. The largest absolute Gasteiger partial charge is 0.497 e. The number of ether oxygens (including phenoxy) is 1. The number of hydrogen-bond acceptors (Lipinski definition) is 3. The summed E-state index contributed by atoms with van der Waals surface area (Å²) >= 11 is 0. The monoisotopic (exact) mass is 260 g/mol. The summed E-state index contributed by atoms with van der Waals surface area (Å²) < 4.78 is 5.10. The third-order valence-corrected chi connectivity index (χ3v) is 4.64. The number of amides is 1. The Kier molecular flexibility index (Phi) is 3.19. The highest BCUT2D eigenvalue weighted by molar-refractivity contribution is 5.93. The Hall–Kier alpha value is -1.55. The number of methoxy groups -OCH3 is 1. The summed E-state index contributed by atoms with van der Waals surface area (Å²) in [5.74, 6) is 1.88. The van der Waals surface area contributed by atoms with Crippen molar-refractivity contribution in [2.24, 2.45) is 23.5 Å². The Morgan fingerprint density at radius 3 is 2.53 bits per heavy atom. The average Bonchev–Trinajstić information content (AvgIpc) is 3.00. The number of hydrogen-bond donors (Lipinski definition) is 2. The summed E-state index contributed by atoms with van der Waals surface area (Å²) in [6, 6.07) is 7.44. The van der Waals surface area contributed by atoms with Crippen LogP contribution in [-0.4, -0.2) is 19.1 Å². The number of nitrogens with two attached hydrogens (primary N) is 1. The molecule has 0 aromatic heterocycles. The minimum absolute atomic E-state index is 0.0131. The fraction of sp³-hybridized carbons (Fsp3) is 0.533. The van der Waals surface area contributed by atoms with Crippen LogP contribution in [0.3, 0.4) is 0 Å². The van der Waals surface area contributed by atoms with Gasteiger partial charge in [0, 0.05) is 11.7 Å². The molecule has 1 amide bonds. The highest BCUT2D eigenvalue weighted by Crippen LogP contribution is 2.47. The smallest absolute Gasteiger partial charge is 0.229 e. The molecule has 4 heteroatoms. The summed E-state index contributed by atoms with van der Waals surface area (Å²) in [4.78, 5) is 12.3. The number of fused-ring (bicyclic) bond motifs is 2. The summed E-state index contributed by atoms with van der Waals surface area (Å²) in [5.41, 5.74) is 6.99. The van der Waals surface area contributed by atoms with Gasteiger partial charge < -0.3 is 15.8 Å². The minimum atomic E-state index is -0.0131. The Bertz CT molecular complexity index is 470. The molecular formula is C15H20N2O2. The van der Waals surface area contributed by atoms with Gasteiger partial charge in [0.2, 0.25) is 5.91 Å². The van der Waals surface area contributed by atoms with Gasteiger partial charge in [0.1, 0.15) is 5.75 Å². The summed E-state index contributed by atoms with van der Waals surface area (Å²) in [6.45, 7) is 0. The summed E-state index contributed by atoms with van der Waals surface area (Å²) in [5, 5.41) is 2.98. The number of carbonyl (C=O) groups excluding carboxylic acids is 1. The van der Waals surface area contributed by atoms with Crippen LogP contribution in [0.5, 0.6) is 5.75 Å². The predicted molar refractivity (Wildman–Crippen MR) is 73.9 cm³/mol. The molecule has 2 aliphatic rings. The van der Waals surface area contributed by atoms with E-state index in [1.165, 1.54) is 6.42 Å². The molecule has 2 fully saturated rings. The van der Waals surface area contributed by atoms with Gasteiger partial charge in [-0.3, -0.25) is 4.79 Å². The van der Waals surface area contributed by atoms with E-state index in [2.05, 4.69) is 5.32 Å². The van der Waals surface area contributed by atoms with Crippen molar-refractivity contribution in [3.05, 3.63) is 24.3 Å². The second-order valence-electron chi connectivity index (χ2n) is 5.65. The molecule has 4 nitrogen and oxygen atoms in total. The first-order valence-corrected chi connectivity index (χ1v) is 6.89. The molecule has 1 aromatic carbocycles. The van der Waals surface area contributed by atoms with Gasteiger partial charge in [-0.1, -0.05) is 0 Å². The molecule has 0 heterocycles. The first-order chi connectivity index (χ1) is 9.19. The van der Waals surface area contributed by atoms with Crippen molar-refractivity contribution in [2.45, 2.75) is 25.3 Å². The van der Waals surface area contributed by atoms with Crippen LogP contribution in [-0.2, 0) is 4.79 Å². The first-order valence-electron chi connectivity index (χ1n) is 6.89. The van der Waals surface area contributed by atoms with E-state index < -0.39 is 0 Å². The maximum Gasteiger partial charge on any atom is 0.229 e. The molecule has 3 rings (SSSR count). The van der Waals surface area contributed by atoms with Crippen LogP contribution in [0.4, 0.5) is 5.69 Å². The number of rotatable bonds is 3. The standard InChI is InChI=1S/C15H20N2O2/c1-19-12-6-4-11(5-7-12)17-15(18)13-9-2-3-10(8-9)14(13)16/h4-7,9-10,13-14H,2-3,8,16H2,1H3,(H,17,18). The predicted octanol–water partition coefficient (Wildman–Crippen LogP) is 2.01. The van der Waals surface area contributed by atoms with Gasteiger partial charge >= 0.3 is 0 Å². The average molecular weight is 260 g/mol. The van der Waals surface area contributed by atoms with Gasteiger partial charge in [-0.15, -0.1) is 0 Å². The van der Waals surface area contributed by atoms with E-state index in [4.69, 9.17) is 10.5 Å². The molecule has 19 heavy (non-hydrogen) atoms. The van der Waals surface area contributed by atoms with E-state index in [0.29, 0.717) is 11.8 Å². The maximum atomic E-state index is 12.3. The van der Waals surface area contributed by atoms with Crippen molar-refractivity contribution in [3.8, 4) is 5.75 Å². The van der Waals surface area contributed by atoms with Crippen molar-refractivity contribution in [3.63, 3.8) is 0 Å². The molecule has 2 saturated carbocycles. The highest BCUT2D eigenvalue weighted by Gasteiger charge is 2.49. The fourth-order valence-corrected chi connectivity index (χ4v) is 3.62. The molecule has 0 radical (unpaired) electrons. The molecule has 0 spiro atoms. The topological polar surface area (TPSA) is 64.3 Å². The fourth-order valence-electron chi connectivity index (χ4n) is 3.62. The second-order valence-corrected chi connectivity index (χ2v) is 5.65. The summed E-state index contributed by atoms with van der Waals surface area (Å²) in [6.07, 6.45) is 3.47. The van der Waals surface area contributed by atoms with E-state index >= 15 is 0 Å². The Morgan fingerprint density at radius 2 is 1.95 bits per heavy atom. The SMILES string of the molecule is COc1ccc(NC(=O)C2C3CCC(C3)C2N)cc1. The highest BCUT2D eigenvalue weighted by atomic mass is 16.5. The maximum absolute atomic E-state index is 12.3. The molecule has 0 saturated heterocycles. The number of anilines is 1. The molecule has 0 aliphatic heterocycles. The molecule has 2 bridgehead atoms. The number of nitrogens with one attached hydrogen (secondary N) is 1. The minimum Gasteiger partial charge on any atom is -0.497 e. The van der Waals surface area contributed by atoms with Crippen molar-refractivity contribution in [2.75, 3.05) is 12.4 Å². The van der Waals surface area contributed by atoms with Crippen molar-refractivity contribution >= 4 is 11.6 Å². The van der Waals surface area contributed by atoms with Crippen LogP contribution in [0.2, 0.25) is 0 Å². The van der Waals surface area contributed by atoms with Gasteiger partial charge in [0.15, 0.2) is 0 Å². The van der Waals surface area contributed by atoms with Crippen LogP contribution >= 0.6 is 0 Å². The molecule has 2 aliphatic carbocycles.